The van der Waals surface area contributed by atoms with Crippen molar-refractivity contribution in [3.63, 3.8) is 0 Å². The van der Waals surface area contributed by atoms with Gasteiger partial charge in [-0.15, -0.1) is 0 Å². The maximum atomic E-state index is 5.25. The third-order valence-corrected chi connectivity index (χ3v) is 7.56. The standard InChI is InChI=1S/C37H33BN2/c1-24-15-25(2)18-30(17-24)34-21-32(28-11-7-5-8-12-28)35(39-34)23-37-33(29-13-9-6-10-14-29)22-36(40(37)38)31-19-26(3)16-27(4)20-31/h5-23H,38H2,1-4H3/b35-23-. The third-order valence-electron chi connectivity index (χ3n) is 7.56. The van der Waals surface area contributed by atoms with E-state index in [4.69, 9.17) is 4.99 Å². The van der Waals surface area contributed by atoms with Gasteiger partial charge in [-0.2, -0.15) is 0 Å². The number of nitrogens with zero attached hydrogens (tertiary/aromatic N) is 2. The van der Waals surface area contributed by atoms with Gasteiger partial charge in [0.2, 0.25) is 7.98 Å². The van der Waals surface area contributed by atoms with Crippen molar-refractivity contribution < 1.29 is 0 Å². The minimum absolute atomic E-state index is 0.978. The molecule has 0 saturated heterocycles. The first-order valence-electron chi connectivity index (χ1n) is 13.9. The van der Waals surface area contributed by atoms with E-state index in [2.05, 4.69) is 155 Å². The molecule has 40 heavy (non-hydrogen) atoms. The van der Waals surface area contributed by atoms with Crippen LogP contribution in [0.4, 0.5) is 0 Å². The summed E-state index contributed by atoms with van der Waals surface area (Å²) in [7, 11) is 2.17. The fourth-order valence-corrected chi connectivity index (χ4v) is 5.83. The van der Waals surface area contributed by atoms with Crippen molar-refractivity contribution in [3.8, 4) is 22.4 Å². The fraction of sp³-hybridized carbons (Fsp3) is 0.108. The molecule has 2 heterocycles. The molecule has 0 saturated carbocycles. The van der Waals surface area contributed by atoms with Gasteiger partial charge in [-0.25, -0.2) is 4.99 Å². The second-order valence-corrected chi connectivity index (χ2v) is 11.0. The Morgan fingerprint density at radius 3 is 1.70 bits per heavy atom. The molecular weight excluding hydrogens is 483 g/mol. The van der Waals surface area contributed by atoms with E-state index in [1.807, 2.05) is 0 Å². The lowest BCUT2D eigenvalue weighted by Gasteiger charge is -2.10. The Kier molecular flexibility index (Phi) is 6.73. The molecule has 1 aromatic heterocycles. The predicted octanol–water partition coefficient (Wildman–Crippen LogP) is 8.38. The van der Waals surface area contributed by atoms with Gasteiger partial charge in [-0.05, 0) is 86.9 Å². The molecule has 0 N–H and O–H groups in total. The lowest BCUT2D eigenvalue weighted by atomic mass is 9.99. The largest absolute Gasteiger partial charge is 0.393 e. The summed E-state index contributed by atoms with van der Waals surface area (Å²) < 4.78 is 2.32. The highest BCUT2D eigenvalue weighted by Crippen LogP contribution is 2.38. The van der Waals surface area contributed by atoms with Crippen molar-refractivity contribution in [2.45, 2.75) is 27.7 Å². The Morgan fingerprint density at radius 1 is 0.600 bits per heavy atom. The molecule has 4 aromatic carbocycles. The van der Waals surface area contributed by atoms with Gasteiger partial charge in [0, 0.05) is 28.1 Å². The summed E-state index contributed by atoms with van der Waals surface area (Å²) in [6.07, 6.45) is 4.51. The maximum Gasteiger partial charge on any atom is 0.223 e. The average Bonchev–Trinajstić information content (AvgIpc) is 3.50. The highest BCUT2D eigenvalue weighted by Gasteiger charge is 2.21. The van der Waals surface area contributed by atoms with Gasteiger partial charge >= 0.3 is 0 Å². The topological polar surface area (TPSA) is 17.3 Å². The second kappa shape index (κ2) is 10.5. The van der Waals surface area contributed by atoms with Gasteiger partial charge in [0.05, 0.1) is 11.4 Å². The molecule has 1 aliphatic rings. The van der Waals surface area contributed by atoms with Crippen LogP contribution in [0.1, 0.15) is 39.1 Å². The first-order valence-corrected chi connectivity index (χ1v) is 13.9. The van der Waals surface area contributed by atoms with Gasteiger partial charge in [-0.1, -0.05) is 95.1 Å². The first kappa shape index (κ1) is 25.6. The lowest BCUT2D eigenvalue weighted by molar-refractivity contribution is 1.22. The van der Waals surface area contributed by atoms with E-state index >= 15 is 0 Å². The molecule has 194 valence electrons. The summed E-state index contributed by atoms with van der Waals surface area (Å²) in [6.45, 7) is 8.63. The van der Waals surface area contributed by atoms with E-state index in [-0.39, 0.29) is 0 Å². The van der Waals surface area contributed by atoms with E-state index in [0.29, 0.717) is 0 Å². The van der Waals surface area contributed by atoms with Crippen LogP contribution in [0.2, 0.25) is 0 Å². The van der Waals surface area contributed by atoms with Crippen LogP contribution in [0.15, 0.2) is 120 Å². The zero-order valence-electron chi connectivity index (χ0n) is 23.9. The molecule has 0 radical (unpaired) electrons. The number of aromatic nitrogens is 1. The molecule has 0 amide bonds. The number of allylic oxidation sites excluding steroid dienone is 2. The van der Waals surface area contributed by atoms with E-state index in [1.165, 1.54) is 50.2 Å². The quantitative estimate of drug-likeness (QED) is 0.209. The zero-order chi connectivity index (χ0) is 27.8. The molecule has 5 aromatic rings. The summed E-state index contributed by atoms with van der Waals surface area (Å²) in [4.78, 5) is 5.25. The van der Waals surface area contributed by atoms with Gasteiger partial charge in [0.15, 0.2) is 0 Å². The van der Waals surface area contributed by atoms with E-state index in [9.17, 15) is 0 Å². The van der Waals surface area contributed by atoms with Crippen molar-refractivity contribution in [3.05, 3.63) is 154 Å². The van der Waals surface area contributed by atoms with Crippen LogP contribution in [-0.4, -0.2) is 18.2 Å². The smallest absolute Gasteiger partial charge is 0.223 e. The molecule has 1 aliphatic heterocycles. The summed E-state index contributed by atoms with van der Waals surface area (Å²) in [6, 6.07) is 37.0. The van der Waals surface area contributed by atoms with Gasteiger partial charge in [-0.3, -0.25) is 0 Å². The van der Waals surface area contributed by atoms with E-state index < -0.39 is 0 Å². The molecule has 0 unspecified atom stereocenters. The summed E-state index contributed by atoms with van der Waals surface area (Å²) >= 11 is 0. The Labute approximate surface area is 238 Å². The van der Waals surface area contributed by atoms with Gasteiger partial charge in [0.1, 0.15) is 0 Å². The van der Waals surface area contributed by atoms with Crippen molar-refractivity contribution in [1.82, 2.24) is 4.48 Å². The molecule has 0 atom stereocenters. The van der Waals surface area contributed by atoms with Crippen molar-refractivity contribution in [1.29, 1.82) is 0 Å². The molecule has 2 nitrogen and oxygen atoms in total. The Bertz CT molecular complexity index is 1780. The monoisotopic (exact) mass is 516 g/mol. The lowest BCUT2D eigenvalue weighted by Crippen LogP contribution is -1.99. The van der Waals surface area contributed by atoms with Crippen LogP contribution in [0.25, 0.3) is 34.0 Å². The zero-order valence-corrected chi connectivity index (χ0v) is 23.9. The first-order chi connectivity index (χ1) is 19.4. The van der Waals surface area contributed by atoms with Gasteiger partial charge < -0.3 is 4.48 Å². The Hall–Kier alpha value is -4.63. The molecule has 0 bridgehead atoms. The van der Waals surface area contributed by atoms with Crippen LogP contribution in [0.3, 0.4) is 0 Å². The molecule has 0 aliphatic carbocycles. The Balaban J connectivity index is 1.57. The molecular formula is C37H33BN2. The highest BCUT2D eigenvalue weighted by molar-refractivity contribution is 6.19. The van der Waals surface area contributed by atoms with E-state index in [0.717, 1.165) is 28.2 Å². The minimum Gasteiger partial charge on any atom is -0.393 e. The van der Waals surface area contributed by atoms with Crippen LogP contribution in [-0.2, 0) is 0 Å². The van der Waals surface area contributed by atoms with Crippen molar-refractivity contribution >= 4 is 25.3 Å². The number of benzene rings is 4. The van der Waals surface area contributed by atoms with Crippen molar-refractivity contribution in [2.24, 2.45) is 4.99 Å². The predicted molar refractivity (Wildman–Crippen MR) is 174 cm³/mol. The number of aliphatic imine (C=N–C) groups is 1. The summed E-state index contributed by atoms with van der Waals surface area (Å²) in [5.74, 6) is 0. The molecule has 6 rings (SSSR count). The summed E-state index contributed by atoms with van der Waals surface area (Å²) in [5, 5.41) is 0. The number of aryl methyl sites for hydroxylation is 4. The molecule has 0 spiro atoms. The SMILES string of the molecule is Bn1c(-c2cc(C)cc(C)c2)cc(-c2ccccc2)c1/C=C1\N=C(c2cc(C)cc(C)c2)C=C1c1ccccc1. The number of hydrogen-bond acceptors (Lipinski definition) is 1. The van der Waals surface area contributed by atoms with Crippen LogP contribution < -0.4 is 0 Å². The van der Waals surface area contributed by atoms with Crippen LogP contribution in [0, 0.1) is 27.7 Å². The normalized spacial score (nSPS) is 13.9. The molecule has 3 heteroatoms. The number of hydrogen-bond donors (Lipinski definition) is 0. The second-order valence-electron chi connectivity index (χ2n) is 11.0. The third kappa shape index (κ3) is 5.03. The molecule has 0 fully saturated rings. The summed E-state index contributed by atoms with van der Waals surface area (Å²) in [5.41, 5.74) is 16.4. The average molecular weight is 516 g/mol. The fourth-order valence-electron chi connectivity index (χ4n) is 5.83. The van der Waals surface area contributed by atoms with Crippen molar-refractivity contribution in [2.75, 3.05) is 0 Å². The van der Waals surface area contributed by atoms with Gasteiger partial charge in [0.25, 0.3) is 0 Å². The van der Waals surface area contributed by atoms with Crippen LogP contribution in [0.5, 0.6) is 0 Å². The van der Waals surface area contributed by atoms with Crippen LogP contribution >= 0.6 is 0 Å². The number of rotatable bonds is 5. The minimum atomic E-state index is 0.978. The van der Waals surface area contributed by atoms with E-state index in [1.54, 1.807) is 0 Å². The maximum absolute atomic E-state index is 5.25. The Morgan fingerprint density at radius 2 is 1.12 bits per heavy atom. The highest BCUT2D eigenvalue weighted by atomic mass is 14.9.